The fraction of sp³-hybridized carbons (Fsp3) is 0.100. The molecule has 0 nitrogen and oxygen atoms in total. The predicted molar refractivity (Wildman–Crippen MR) is 58.5 cm³/mol. The summed E-state index contributed by atoms with van der Waals surface area (Å²) in [5, 5.41) is 0. The van der Waals surface area contributed by atoms with Crippen molar-refractivity contribution in [1.29, 1.82) is 0 Å². The van der Waals surface area contributed by atoms with Crippen molar-refractivity contribution < 1.29 is 42.3 Å². The average Bonchev–Trinajstić information content (AvgIpc) is 2.78. The van der Waals surface area contributed by atoms with E-state index in [1.807, 2.05) is 30.3 Å². The molecular formula is C10H11F6FeP. The van der Waals surface area contributed by atoms with E-state index in [2.05, 4.69) is 24.3 Å². The zero-order valence-corrected chi connectivity index (χ0v) is 11.0. The van der Waals surface area contributed by atoms with Crippen molar-refractivity contribution in [2.24, 2.45) is 0 Å². The molecule has 0 N–H and O–H groups in total. The average molecular weight is 332 g/mol. The van der Waals surface area contributed by atoms with Gasteiger partial charge >= 0.3 is 50.1 Å². The first kappa shape index (κ1) is 19.7. The molecule has 1 aliphatic rings. The van der Waals surface area contributed by atoms with Gasteiger partial charge < -0.3 is 0 Å². The summed E-state index contributed by atoms with van der Waals surface area (Å²) >= 11 is 0. The minimum absolute atomic E-state index is 0. The van der Waals surface area contributed by atoms with E-state index in [-0.39, 0.29) is 17.1 Å². The fourth-order valence-corrected chi connectivity index (χ4v) is 0.714. The van der Waals surface area contributed by atoms with Gasteiger partial charge in [0.25, 0.3) is 0 Å². The number of allylic oxidation sites excluding steroid dienone is 4. The predicted octanol–water partition coefficient (Wildman–Crippen LogP) is 6.29. The van der Waals surface area contributed by atoms with Crippen LogP contribution >= 0.6 is 7.81 Å². The van der Waals surface area contributed by atoms with E-state index in [1.165, 1.54) is 0 Å². The second-order valence-electron chi connectivity index (χ2n) is 3.01. The summed E-state index contributed by atoms with van der Waals surface area (Å²) in [4.78, 5) is 0. The van der Waals surface area contributed by atoms with Gasteiger partial charge in [-0.25, -0.2) is 12.1 Å². The van der Waals surface area contributed by atoms with Gasteiger partial charge in [0.15, 0.2) is 0 Å². The molecule has 0 aliphatic heterocycles. The summed E-state index contributed by atoms with van der Waals surface area (Å²) in [5.74, 6) is 0. The third-order valence-corrected chi connectivity index (χ3v) is 1.21. The van der Waals surface area contributed by atoms with Crippen molar-refractivity contribution >= 4 is 7.81 Å². The van der Waals surface area contributed by atoms with Gasteiger partial charge in [-0.15, -0.1) is 0 Å². The van der Waals surface area contributed by atoms with Crippen molar-refractivity contribution in [3.8, 4) is 0 Å². The van der Waals surface area contributed by atoms with Crippen molar-refractivity contribution in [3.05, 3.63) is 54.6 Å². The Morgan fingerprint density at radius 2 is 1.11 bits per heavy atom. The van der Waals surface area contributed by atoms with Crippen LogP contribution in [0, 0.1) is 0 Å². The molecule has 0 atom stereocenters. The summed E-state index contributed by atoms with van der Waals surface area (Å²) in [5.41, 5.74) is 0. The van der Waals surface area contributed by atoms with Crippen molar-refractivity contribution in [2.45, 2.75) is 6.42 Å². The Balaban J connectivity index is 0. The summed E-state index contributed by atoms with van der Waals surface area (Å²) in [6.07, 6.45) is 9.50. The van der Waals surface area contributed by atoms with Gasteiger partial charge in [-0.3, -0.25) is 0 Å². The number of hydrogen-bond donors (Lipinski definition) is 0. The smallest absolute Gasteiger partial charge is 0.214 e. The molecule has 0 fully saturated rings. The van der Waals surface area contributed by atoms with Crippen LogP contribution in [0.1, 0.15) is 6.42 Å². The maximum Gasteiger partial charge on any atom is 2.00 e. The fourth-order valence-electron chi connectivity index (χ4n) is 0.714. The summed E-state index contributed by atoms with van der Waals surface area (Å²) in [7, 11) is -10.7. The molecule has 0 amide bonds. The number of halogens is 6. The Hall–Kier alpha value is -0.641. The number of hydrogen-bond acceptors (Lipinski definition) is 0. The van der Waals surface area contributed by atoms with E-state index in [0.29, 0.717) is 0 Å². The molecule has 0 bridgehead atoms. The molecule has 0 saturated heterocycles. The molecule has 1 aromatic carbocycles. The Labute approximate surface area is 111 Å². The molecule has 1 aromatic rings. The normalized spacial score (nSPS) is 16.1. The quantitative estimate of drug-likeness (QED) is 0.227. The van der Waals surface area contributed by atoms with Crippen LogP contribution in [0.2, 0.25) is 0 Å². The molecule has 18 heavy (non-hydrogen) atoms. The topological polar surface area (TPSA) is 0 Å². The molecule has 0 radical (unpaired) electrons. The molecular weight excluding hydrogens is 321 g/mol. The number of rotatable bonds is 0. The third-order valence-electron chi connectivity index (χ3n) is 1.21. The monoisotopic (exact) mass is 332 g/mol. The van der Waals surface area contributed by atoms with E-state index in [0.717, 1.165) is 6.42 Å². The van der Waals surface area contributed by atoms with E-state index < -0.39 is 7.81 Å². The minimum atomic E-state index is -10.7. The summed E-state index contributed by atoms with van der Waals surface area (Å²) < 4.78 is 59.2. The molecule has 0 aromatic heterocycles. The molecule has 0 saturated carbocycles. The molecule has 2 rings (SSSR count). The summed E-state index contributed by atoms with van der Waals surface area (Å²) in [6.45, 7) is 0. The van der Waals surface area contributed by atoms with Crippen LogP contribution in [0.15, 0.2) is 54.6 Å². The Morgan fingerprint density at radius 3 is 1.22 bits per heavy atom. The molecule has 0 spiro atoms. The molecule has 106 valence electrons. The Bertz CT molecular complexity index is 323. The van der Waals surface area contributed by atoms with Crippen LogP contribution in [-0.2, 0) is 17.1 Å². The first-order chi connectivity index (χ1) is 7.45. The maximum atomic E-state index is 9.87. The van der Waals surface area contributed by atoms with Crippen LogP contribution in [0.5, 0.6) is 0 Å². The first-order valence-corrected chi connectivity index (χ1v) is 6.53. The van der Waals surface area contributed by atoms with Gasteiger partial charge in [-0.2, -0.15) is 18.2 Å². The summed E-state index contributed by atoms with van der Waals surface area (Å²) in [6, 6.07) is 10.0. The van der Waals surface area contributed by atoms with E-state index in [4.69, 9.17) is 0 Å². The van der Waals surface area contributed by atoms with Crippen LogP contribution in [0.25, 0.3) is 0 Å². The van der Waals surface area contributed by atoms with Gasteiger partial charge in [0.2, 0.25) is 0 Å². The minimum Gasteiger partial charge on any atom is -0.214 e. The molecule has 1 aliphatic carbocycles. The first-order valence-electron chi connectivity index (χ1n) is 4.50. The third kappa shape index (κ3) is 36.2. The van der Waals surface area contributed by atoms with Gasteiger partial charge in [0.1, 0.15) is 0 Å². The Kier molecular flexibility index (Phi) is 7.12. The molecule has 8 heteroatoms. The van der Waals surface area contributed by atoms with Gasteiger partial charge in [0.05, 0.1) is 0 Å². The van der Waals surface area contributed by atoms with Crippen LogP contribution in [0.4, 0.5) is 25.2 Å². The largest absolute Gasteiger partial charge is 2.00 e. The van der Waals surface area contributed by atoms with E-state index >= 15 is 0 Å². The van der Waals surface area contributed by atoms with Crippen LogP contribution < -0.4 is 0 Å². The van der Waals surface area contributed by atoms with E-state index in [9.17, 15) is 25.2 Å². The SMILES string of the molecule is C1=CCC=C1.F[P-](F)(F)(F)(F)F.[Fe+2].c1cc[cH-]c1. The van der Waals surface area contributed by atoms with Crippen molar-refractivity contribution in [3.63, 3.8) is 0 Å². The molecule has 0 heterocycles. The zero-order valence-electron chi connectivity index (χ0n) is 8.97. The van der Waals surface area contributed by atoms with Gasteiger partial charge in [0, 0.05) is 0 Å². The molecule has 0 unspecified atom stereocenters. The second kappa shape index (κ2) is 6.50. The van der Waals surface area contributed by atoms with E-state index in [1.54, 1.807) is 0 Å². The van der Waals surface area contributed by atoms with Crippen LogP contribution in [0.3, 0.4) is 0 Å². The second-order valence-corrected chi connectivity index (χ2v) is 4.93. The zero-order chi connectivity index (χ0) is 13.5. The van der Waals surface area contributed by atoms with Gasteiger partial charge in [-0.1, -0.05) is 24.3 Å². The standard InChI is InChI=1S/C5H6.C5H5.F6P.Fe/c2*1-2-4-5-3-1;1-7(2,3,4,5)6;/h1-4H,5H2;1-5H;;/q;2*-1;+2. The van der Waals surface area contributed by atoms with Crippen molar-refractivity contribution in [2.75, 3.05) is 0 Å². The Morgan fingerprint density at radius 1 is 0.778 bits per heavy atom. The van der Waals surface area contributed by atoms with Crippen LogP contribution in [-0.4, -0.2) is 0 Å². The van der Waals surface area contributed by atoms with Gasteiger partial charge in [-0.05, 0) is 6.42 Å². The van der Waals surface area contributed by atoms with Crippen molar-refractivity contribution in [1.82, 2.24) is 0 Å². The maximum absolute atomic E-state index is 10.7.